The summed E-state index contributed by atoms with van der Waals surface area (Å²) in [7, 11) is 0. The third kappa shape index (κ3) is 52.9. The highest BCUT2D eigenvalue weighted by Gasteiger charge is 2.19. The number of hydrogen-bond donors (Lipinski definition) is 0. The predicted octanol–water partition coefficient (Wildman–Crippen LogP) is 18.3. The summed E-state index contributed by atoms with van der Waals surface area (Å²) in [6.07, 6.45) is 73.8. The summed E-state index contributed by atoms with van der Waals surface area (Å²) in [5.41, 5.74) is 0. The molecule has 380 valence electrons. The Labute approximate surface area is 412 Å². The van der Waals surface area contributed by atoms with Crippen LogP contribution in [0.1, 0.15) is 239 Å². The van der Waals surface area contributed by atoms with Crippen molar-refractivity contribution in [3.8, 4) is 0 Å². The van der Waals surface area contributed by atoms with E-state index in [1.807, 2.05) is 12.2 Å². The molecule has 0 aromatic heterocycles. The molecule has 0 aromatic rings. The summed E-state index contributed by atoms with van der Waals surface area (Å²) in [4.78, 5) is 38.0. The molecule has 0 rings (SSSR count). The van der Waals surface area contributed by atoms with E-state index < -0.39 is 12.1 Å². The minimum Gasteiger partial charge on any atom is -0.462 e. The standard InChI is InChI=1S/C61H100O6/c1-4-7-10-13-16-19-22-25-28-30-31-32-34-36-39-42-45-48-51-54-60(63)66-57-58(56-65-59(62)53-50-47-44-41-38-35-27-24-21-18-15-12-9-6-3)67-61(64)55-52-49-46-43-40-37-33-29-26-23-20-17-14-11-8-5-2/h8-9,11-12,17-18,20-21,26-27,29-31,35,37,40,46,49,58H,4-7,10,13-16,19,22-25,28,32-34,36,38-39,41-45,47-48,50-57H2,1-3H3/b11-8-,12-9-,20-17-,21-18-,29-26-,31-30-,35-27-,40-37-,49-46-. The van der Waals surface area contributed by atoms with Crippen molar-refractivity contribution in [3.05, 3.63) is 109 Å². The molecule has 1 unspecified atom stereocenters. The number of rotatable bonds is 48. The molecule has 0 heterocycles. The number of unbranched alkanes of at least 4 members (excludes halogenated alkanes) is 19. The topological polar surface area (TPSA) is 78.9 Å². The Kier molecular flexibility index (Phi) is 51.5. The molecule has 0 spiro atoms. The van der Waals surface area contributed by atoms with Gasteiger partial charge < -0.3 is 14.2 Å². The summed E-state index contributed by atoms with van der Waals surface area (Å²) in [5, 5.41) is 0. The molecule has 6 heteroatoms. The number of allylic oxidation sites excluding steroid dienone is 18. The van der Waals surface area contributed by atoms with E-state index in [4.69, 9.17) is 14.2 Å². The van der Waals surface area contributed by atoms with E-state index in [0.717, 1.165) is 103 Å². The lowest BCUT2D eigenvalue weighted by Crippen LogP contribution is -2.30. The molecule has 0 aromatic carbocycles. The fourth-order valence-corrected chi connectivity index (χ4v) is 7.21. The average molecular weight is 929 g/mol. The molecule has 0 N–H and O–H groups in total. The molecule has 0 aliphatic rings. The van der Waals surface area contributed by atoms with Crippen LogP contribution in [0.5, 0.6) is 0 Å². The van der Waals surface area contributed by atoms with E-state index in [1.165, 1.54) is 89.9 Å². The zero-order chi connectivity index (χ0) is 48.6. The molecule has 0 fully saturated rings. The molecule has 67 heavy (non-hydrogen) atoms. The van der Waals surface area contributed by atoms with Gasteiger partial charge in [0.15, 0.2) is 6.10 Å². The number of hydrogen-bond acceptors (Lipinski definition) is 6. The van der Waals surface area contributed by atoms with Gasteiger partial charge in [-0.1, -0.05) is 220 Å². The van der Waals surface area contributed by atoms with Crippen molar-refractivity contribution < 1.29 is 28.6 Å². The van der Waals surface area contributed by atoms with E-state index >= 15 is 0 Å². The number of carbonyl (C=O) groups is 3. The zero-order valence-electron chi connectivity index (χ0n) is 43.4. The second kappa shape index (κ2) is 54.7. The van der Waals surface area contributed by atoms with Gasteiger partial charge in [0.05, 0.1) is 0 Å². The van der Waals surface area contributed by atoms with Crippen LogP contribution in [0.2, 0.25) is 0 Å². The van der Waals surface area contributed by atoms with Gasteiger partial charge in [-0.2, -0.15) is 0 Å². The molecule has 0 amide bonds. The van der Waals surface area contributed by atoms with Crippen LogP contribution >= 0.6 is 0 Å². The van der Waals surface area contributed by atoms with Crippen molar-refractivity contribution in [3.63, 3.8) is 0 Å². The van der Waals surface area contributed by atoms with E-state index in [0.29, 0.717) is 19.3 Å². The molecule has 1 atom stereocenters. The smallest absolute Gasteiger partial charge is 0.306 e. The third-order valence-electron chi connectivity index (χ3n) is 11.3. The first-order valence-electron chi connectivity index (χ1n) is 27.4. The van der Waals surface area contributed by atoms with Crippen molar-refractivity contribution >= 4 is 17.9 Å². The minimum absolute atomic E-state index is 0.119. The molecule has 0 saturated heterocycles. The highest BCUT2D eigenvalue weighted by molar-refractivity contribution is 5.71. The van der Waals surface area contributed by atoms with Crippen molar-refractivity contribution in [1.29, 1.82) is 0 Å². The number of carbonyl (C=O) groups excluding carboxylic acids is 3. The normalized spacial score (nSPS) is 12.9. The molecule has 0 aliphatic heterocycles. The van der Waals surface area contributed by atoms with Gasteiger partial charge in [0.1, 0.15) is 13.2 Å². The lowest BCUT2D eigenvalue weighted by Gasteiger charge is -2.18. The Hall–Kier alpha value is -3.93. The monoisotopic (exact) mass is 929 g/mol. The van der Waals surface area contributed by atoms with Crippen molar-refractivity contribution in [2.24, 2.45) is 0 Å². The van der Waals surface area contributed by atoms with Gasteiger partial charge in [-0.05, 0) is 109 Å². The second-order valence-corrected chi connectivity index (χ2v) is 17.7. The number of esters is 3. The molecule has 0 radical (unpaired) electrons. The van der Waals surface area contributed by atoms with Gasteiger partial charge in [-0.15, -0.1) is 0 Å². The zero-order valence-corrected chi connectivity index (χ0v) is 43.4. The first kappa shape index (κ1) is 63.1. The average Bonchev–Trinajstić information content (AvgIpc) is 3.33. The Morgan fingerprint density at radius 3 is 0.985 bits per heavy atom. The molecule has 0 saturated carbocycles. The maximum atomic E-state index is 12.8. The van der Waals surface area contributed by atoms with Gasteiger partial charge in [0.25, 0.3) is 0 Å². The van der Waals surface area contributed by atoms with Gasteiger partial charge in [-0.25, -0.2) is 0 Å². The van der Waals surface area contributed by atoms with Gasteiger partial charge in [-0.3, -0.25) is 14.4 Å². The summed E-state index contributed by atoms with van der Waals surface area (Å²) in [6.45, 7) is 6.32. The fourth-order valence-electron chi connectivity index (χ4n) is 7.21. The maximum absolute atomic E-state index is 12.8. The SMILES string of the molecule is CC/C=C\C/C=C\C/C=C\C/C=C\C/C=C\CCC(=O)OC(COC(=O)CCCCCC/C=C\C/C=C\C/C=C\CC)COC(=O)CCCCCCCCC/C=C\CCCCCCCCCC. The Bertz CT molecular complexity index is 1390. The van der Waals surface area contributed by atoms with E-state index in [-0.39, 0.29) is 31.6 Å². The molecular weight excluding hydrogens is 829 g/mol. The van der Waals surface area contributed by atoms with Crippen molar-refractivity contribution in [2.75, 3.05) is 13.2 Å². The first-order chi connectivity index (χ1) is 33.0. The van der Waals surface area contributed by atoms with Crippen LogP contribution in [-0.2, 0) is 28.6 Å². The minimum atomic E-state index is -0.830. The van der Waals surface area contributed by atoms with E-state index in [1.54, 1.807) is 0 Å². The first-order valence-corrected chi connectivity index (χ1v) is 27.4. The van der Waals surface area contributed by atoms with Gasteiger partial charge in [0.2, 0.25) is 0 Å². The second-order valence-electron chi connectivity index (χ2n) is 17.7. The predicted molar refractivity (Wildman–Crippen MR) is 288 cm³/mol. The van der Waals surface area contributed by atoms with Crippen molar-refractivity contribution in [1.82, 2.24) is 0 Å². The summed E-state index contributed by atoms with van der Waals surface area (Å²) in [5.74, 6) is -1.03. The lowest BCUT2D eigenvalue weighted by molar-refractivity contribution is -0.166. The Balaban J connectivity index is 4.51. The van der Waals surface area contributed by atoms with Crippen LogP contribution in [0, 0.1) is 0 Å². The highest BCUT2D eigenvalue weighted by Crippen LogP contribution is 2.14. The van der Waals surface area contributed by atoms with Crippen LogP contribution in [-0.4, -0.2) is 37.2 Å². The maximum Gasteiger partial charge on any atom is 0.306 e. The Morgan fingerprint density at radius 1 is 0.313 bits per heavy atom. The highest BCUT2D eigenvalue weighted by atomic mass is 16.6. The molecule has 0 bridgehead atoms. The molecular formula is C61H100O6. The van der Waals surface area contributed by atoms with Crippen molar-refractivity contribution in [2.45, 2.75) is 245 Å². The van der Waals surface area contributed by atoms with Crippen LogP contribution < -0.4 is 0 Å². The Morgan fingerprint density at radius 2 is 0.612 bits per heavy atom. The van der Waals surface area contributed by atoms with Crippen LogP contribution in [0.25, 0.3) is 0 Å². The third-order valence-corrected chi connectivity index (χ3v) is 11.3. The van der Waals surface area contributed by atoms with Crippen LogP contribution in [0.3, 0.4) is 0 Å². The largest absolute Gasteiger partial charge is 0.462 e. The molecule has 0 aliphatic carbocycles. The fraction of sp³-hybridized carbons (Fsp3) is 0.656. The van der Waals surface area contributed by atoms with E-state index in [9.17, 15) is 14.4 Å². The summed E-state index contributed by atoms with van der Waals surface area (Å²) < 4.78 is 16.7. The lowest BCUT2D eigenvalue weighted by atomic mass is 10.1. The van der Waals surface area contributed by atoms with Crippen LogP contribution in [0.4, 0.5) is 0 Å². The summed E-state index contributed by atoms with van der Waals surface area (Å²) >= 11 is 0. The van der Waals surface area contributed by atoms with Gasteiger partial charge >= 0.3 is 17.9 Å². The quantitative estimate of drug-likeness (QED) is 0.0262. The van der Waals surface area contributed by atoms with E-state index in [2.05, 4.69) is 118 Å². The van der Waals surface area contributed by atoms with Crippen LogP contribution in [0.15, 0.2) is 109 Å². The van der Waals surface area contributed by atoms with Gasteiger partial charge in [0, 0.05) is 19.3 Å². The molecule has 6 nitrogen and oxygen atoms in total. The number of ether oxygens (including phenoxy) is 3. The summed E-state index contributed by atoms with van der Waals surface area (Å²) in [6, 6.07) is 0.